The van der Waals surface area contributed by atoms with Crippen LogP contribution in [0.2, 0.25) is 5.02 Å². The molecule has 0 aliphatic carbocycles. The lowest BCUT2D eigenvalue weighted by molar-refractivity contribution is 0.101. The summed E-state index contributed by atoms with van der Waals surface area (Å²) in [6, 6.07) is 17.1. The SMILES string of the molecule is CCn1cc(/C=C2/Oc3c(ccc(O)c3CN3CCN(c4cccc(Cl)c4)CC3)C2=O)c2cc(OC)ccc21. The zero-order valence-electron chi connectivity index (χ0n) is 22.0. The largest absolute Gasteiger partial charge is 0.507 e. The number of phenols is 1. The van der Waals surface area contributed by atoms with Crippen LogP contribution in [0.1, 0.15) is 28.4 Å². The number of ketones is 1. The number of aromatic hydroxyl groups is 1. The van der Waals surface area contributed by atoms with Crippen LogP contribution in [-0.4, -0.2) is 53.6 Å². The van der Waals surface area contributed by atoms with Crippen molar-refractivity contribution in [2.45, 2.75) is 20.0 Å². The molecule has 1 saturated heterocycles. The molecule has 2 aliphatic rings. The predicted octanol–water partition coefficient (Wildman–Crippen LogP) is 5.97. The first-order chi connectivity index (χ1) is 18.9. The first-order valence-electron chi connectivity index (χ1n) is 13.1. The number of allylic oxidation sites excluding steroid dienone is 1. The van der Waals surface area contributed by atoms with Crippen LogP contribution in [0.25, 0.3) is 17.0 Å². The van der Waals surface area contributed by atoms with E-state index in [0.717, 1.165) is 65.6 Å². The van der Waals surface area contributed by atoms with E-state index >= 15 is 0 Å². The van der Waals surface area contributed by atoms with E-state index in [1.165, 1.54) is 0 Å². The number of nitrogens with zero attached hydrogens (tertiary/aromatic N) is 3. The molecule has 0 spiro atoms. The van der Waals surface area contributed by atoms with E-state index in [9.17, 15) is 9.90 Å². The van der Waals surface area contributed by atoms with Gasteiger partial charge in [-0.25, -0.2) is 0 Å². The van der Waals surface area contributed by atoms with Crippen molar-refractivity contribution in [3.8, 4) is 17.2 Å². The molecule has 200 valence electrons. The number of fused-ring (bicyclic) bond motifs is 2. The van der Waals surface area contributed by atoms with Crippen molar-refractivity contribution in [1.29, 1.82) is 0 Å². The van der Waals surface area contributed by atoms with Gasteiger partial charge < -0.3 is 24.0 Å². The quantitative estimate of drug-likeness (QED) is 0.302. The summed E-state index contributed by atoms with van der Waals surface area (Å²) in [5.74, 6) is 1.39. The number of aryl methyl sites for hydroxylation is 1. The fraction of sp³-hybridized carbons (Fsp3) is 0.258. The van der Waals surface area contributed by atoms with Crippen LogP contribution in [-0.2, 0) is 13.1 Å². The number of aromatic nitrogens is 1. The van der Waals surface area contributed by atoms with E-state index in [4.69, 9.17) is 21.1 Å². The average molecular weight is 544 g/mol. The van der Waals surface area contributed by atoms with E-state index < -0.39 is 0 Å². The van der Waals surface area contributed by atoms with Gasteiger partial charge in [0.15, 0.2) is 5.76 Å². The van der Waals surface area contributed by atoms with Crippen molar-refractivity contribution >= 4 is 40.1 Å². The standard InChI is InChI=1S/C31H30ClN3O4/c1-3-34-18-20(25-17-23(38-2)7-9-27(25)34)15-29-30(37)24-8-10-28(36)26(31(24)39-29)19-33-11-13-35(14-12-33)22-6-4-5-21(32)16-22/h4-10,15-18,36H,3,11-14,19H2,1-2H3/b29-15+. The molecule has 3 heterocycles. The lowest BCUT2D eigenvalue weighted by Gasteiger charge is -2.36. The number of carbonyl (C=O) groups is 1. The van der Waals surface area contributed by atoms with Gasteiger partial charge in [-0.3, -0.25) is 9.69 Å². The van der Waals surface area contributed by atoms with E-state index in [0.29, 0.717) is 23.4 Å². The van der Waals surface area contributed by atoms with Gasteiger partial charge in [0, 0.05) is 72.6 Å². The van der Waals surface area contributed by atoms with Gasteiger partial charge >= 0.3 is 0 Å². The van der Waals surface area contributed by atoms with Gasteiger partial charge in [0.1, 0.15) is 17.2 Å². The number of phenolic OH excluding ortho intramolecular Hbond substituents is 1. The highest BCUT2D eigenvalue weighted by Crippen LogP contribution is 2.41. The molecule has 6 rings (SSSR count). The third-order valence-corrected chi connectivity index (χ3v) is 7.83. The summed E-state index contributed by atoms with van der Waals surface area (Å²) in [5, 5.41) is 12.5. The van der Waals surface area contributed by atoms with Crippen LogP contribution in [0.4, 0.5) is 5.69 Å². The number of Topliss-reactive ketones (excluding diaryl/α,β-unsaturated/α-hetero) is 1. The summed E-state index contributed by atoms with van der Waals surface area (Å²) in [4.78, 5) is 18.0. The van der Waals surface area contributed by atoms with E-state index in [-0.39, 0.29) is 17.3 Å². The van der Waals surface area contributed by atoms with E-state index in [2.05, 4.69) is 27.4 Å². The normalized spacial score (nSPS) is 16.6. The monoisotopic (exact) mass is 543 g/mol. The Hall–Kier alpha value is -3.94. The molecule has 39 heavy (non-hydrogen) atoms. The third kappa shape index (κ3) is 4.73. The van der Waals surface area contributed by atoms with E-state index in [1.54, 1.807) is 25.3 Å². The Morgan fingerprint density at radius 2 is 1.90 bits per heavy atom. The smallest absolute Gasteiger partial charge is 0.231 e. The first kappa shape index (κ1) is 25.3. The zero-order chi connectivity index (χ0) is 27.1. The van der Waals surface area contributed by atoms with Gasteiger partial charge in [0.05, 0.1) is 18.2 Å². The lowest BCUT2D eigenvalue weighted by atomic mass is 10.0. The maximum atomic E-state index is 13.4. The summed E-state index contributed by atoms with van der Waals surface area (Å²) < 4.78 is 13.8. The number of methoxy groups -OCH3 is 1. The fourth-order valence-electron chi connectivity index (χ4n) is 5.46. The Bertz CT molecular complexity index is 1600. The highest BCUT2D eigenvalue weighted by molar-refractivity contribution is 6.30. The van der Waals surface area contributed by atoms with Crippen LogP contribution in [0.15, 0.2) is 66.6 Å². The van der Waals surface area contributed by atoms with Crippen LogP contribution in [0, 0.1) is 0 Å². The summed E-state index contributed by atoms with van der Waals surface area (Å²) >= 11 is 6.18. The van der Waals surface area contributed by atoms with Gasteiger partial charge in [0.25, 0.3) is 0 Å². The Kier molecular flexibility index (Phi) is 6.71. The van der Waals surface area contributed by atoms with E-state index in [1.807, 2.05) is 42.6 Å². The highest BCUT2D eigenvalue weighted by Gasteiger charge is 2.32. The summed E-state index contributed by atoms with van der Waals surface area (Å²) in [5.41, 5.74) is 4.16. The Morgan fingerprint density at radius 1 is 1.08 bits per heavy atom. The second-order valence-corrected chi connectivity index (χ2v) is 10.3. The molecule has 0 amide bonds. The van der Waals surface area contributed by atoms with Crippen molar-refractivity contribution < 1.29 is 19.4 Å². The molecule has 0 saturated carbocycles. The molecule has 0 bridgehead atoms. The van der Waals surface area contributed by atoms with Gasteiger partial charge in [-0.2, -0.15) is 0 Å². The minimum atomic E-state index is -0.183. The number of ether oxygens (including phenoxy) is 2. The van der Waals surface area contributed by atoms with Crippen LogP contribution < -0.4 is 14.4 Å². The van der Waals surface area contributed by atoms with Gasteiger partial charge in [0.2, 0.25) is 5.78 Å². The number of carbonyl (C=O) groups excluding carboxylic acids is 1. The topological polar surface area (TPSA) is 67.2 Å². The van der Waals surface area contributed by atoms with Gasteiger partial charge in [-0.1, -0.05) is 17.7 Å². The molecular formula is C31H30ClN3O4. The maximum Gasteiger partial charge on any atom is 0.231 e. The minimum Gasteiger partial charge on any atom is -0.507 e. The molecule has 3 aromatic carbocycles. The zero-order valence-corrected chi connectivity index (χ0v) is 22.7. The van der Waals surface area contributed by atoms with Crippen LogP contribution in [0.3, 0.4) is 0 Å². The number of halogens is 1. The average Bonchev–Trinajstić information content (AvgIpc) is 3.47. The molecule has 7 nitrogen and oxygen atoms in total. The summed E-state index contributed by atoms with van der Waals surface area (Å²) in [6.45, 7) is 6.67. The number of piperazine rings is 1. The highest BCUT2D eigenvalue weighted by atomic mass is 35.5. The second-order valence-electron chi connectivity index (χ2n) is 9.88. The van der Waals surface area contributed by atoms with Crippen LogP contribution in [0.5, 0.6) is 17.2 Å². The molecule has 4 aromatic rings. The lowest BCUT2D eigenvalue weighted by Crippen LogP contribution is -2.46. The molecule has 8 heteroatoms. The molecule has 0 unspecified atom stereocenters. The number of rotatable bonds is 6. The molecule has 1 fully saturated rings. The number of anilines is 1. The van der Waals surface area contributed by atoms with Crippen molar-refractivity contribution in [3.05, 3.63) is 88.3 Å². The second kappa shape index (κ2) is 10.3. The molecule has 1 aromatic heterocycles. The third-order valence-electron chi connectivity index (χ3n) is 7.59. The van der Waals surface area contributed by atoms with Crippen LogP contribution >= 0.6 is 11.6 Å². The molecule has 2 aliphatic heterocycles. The van der Waals surface area contributed by atoms with Crippen molar-refractivity contribution in [2.75, 3.05) is 38.2 Å². The Balaban J connectivity index is 1.25. The fourth-order valence-corrected chi connectivity index (χ4v) is 5.64. The number of hydrogen-bond acceptors (Lipinski definition) is 6. The van der Waals surface area contributed by atoms with Crippen molar-refractivity contribution in [3.63, 3.8) is 0 Å². The summed E-state index contributed by atoms with van der Waals surface area (Å²) in [6.07, 6.45) is 3.81. The predicted molar refractivity (Wildman–Crippen MR) is 154 cm³/mol. The van der Waals surface area contributed by atoms with Gasteiger partial charge in [-0.15, -0.1) is 0 Å². The molecule has 0 radical (unpaired) electrons. The number of benzene rings is 3. The molecular weight excluding hydrogens is 514 g/mol. The first-order valence-corrected chi connectivity index (χ1v) is 13.5. The molecule has 0 atom stereocenters. The van der Waals surface area contributed by atoms with Crippen molar-refractivity contribution in [2.24, 2.45) is 0 Å². The minimum absolute atomic E-state index is 0.132. The Labute approximate surface area is 232 Å². The molecule has 1 N–H and O–H groups in total. The van der Waals surface area contributed by atoms with Gasteiger partial charge in [-0.05, 0) is 61.5 Å². The Morgan fingerprint density at radius 3 is 2.64 bits per heavy atom. The van der Waals surface area contributed by atoms with Crippen molar-refractivity contribution in [1.82, 2.24) is 9.47 Å². The number of hydrogen-bond donors (Lipinski definition) is 1. The maximum absolute atomic E-state index is 13.4. The summed E-state index contributed by atoms with van der Waals surface area (Å²) in [7, 11) is 1.64.